The molecular formula is C23H22ClF2N3O2. The highest BCUT2D eigenvalue weighted by Crippen LogP contribution is 2.27. The largest absolute Gasteiger partial charge is 0.369 e. The summed E-state index contributed by atoms with van der Waals surface area (Å²) in [5, 5.41) is 2.40. The van der Waals surface area contributed by atoms with Crippen molar-refractivity contribution in [2.75, 3.05) is 36.4 Å². The van der Waals surface area contributed by atoms with Crippen LogP contribution in [0.1, 0.15) is 18.1 Å². The van der Waals surface area contributed by atoms with Crippen molar-refractivity contribution in [3.63, 3.8) is 0 Å². The summed E-state index contributed by atoms with van der Waals surface area (Å²) in [7, 11) is 0. The van der Waals surface area contributed by atoms with E-state index in [9.17, 15) is 18.4 Å². The van der Waals surface area contributed by atoms with Gasteiger partial charge in [-0.15, -0.1) is 0 Å². The quantitative estimate of drug-likeness (QED) is 0.725. The number of benzene rings is 2. The van der Waals surface area contributed by atoms with E-state index in [0.717, 1.165) is 11.1 Å². The van der Waals surface area contributed by atoms with E-state index in [2.05, 4.69) is 5.32 Å². The lowest BCUT2D eigenvalue weighted by atomic mass is 9.96. The molecule has 0 spiro atoms. The number of nitrogens with zero attached hydrogens (tertiary/aromatic N) is 2. The molecular weight excluding hydrogens is 424 g/mol. The Morgan fingerprint density at radius 2 is 1.90 bits per heavy atom. The van der Waals surface area contributed by atoms with Gasteiger partial charge >= 0.3 is 0 Å². The maximum absolute atomic E-state index is 13.8. The molecule has 31 heavy (non-hydrogen) atoms. The van der Waals surface area contributed by atoms with Crippen LogP contribution in [0, 0.1) is 11.6 Å². The molecule has 1 fully saturated rings. The second-order valence-electron chi connectivity index (χ2n) is 7.93. The van der Waals surface area contributed by atoms with Gasteiger partial charge in [0.2, 0.25) is 5.91 Å². The minimum Gasteiger partial charge on any atom is -0.369 e. The number of amides is 1. The van der Waals surface area contributed by atoms with Crippen molar-refractivity contribution < 1.29 is 18.4 Å². The highest BCUT2D eigenvalue weighted by atomic mass is 35.5. The molecule has 2 aromatic rings. The van der Waals surface area contributed by atoms with Crippen LogP contribution in [0.4, 0.5) is 20.2 Å². The highest BCUT2D eigenvalue weighted by molar-refractivity contribution is 6.31. The molecule has 0 unspecified atom stereocenters. The maximum Gasteiger partial charge on any atom is 0.238 e. The molecule has 1 amide bonds. The summed E-state index contributed by atoms with van der Waals surface area (Å²) in [6.07, 6.45) is 3.69. The first-order chi connectivity index (χ1) is 14.8. The molecule has 0 bridgehead atoms. The number of allylic oxidation sites excluding steroid dienone is 1. The van der Waals surface area contributed by atoms with Gasteiger partial charge in [-0.25, -0.2) is 8.78 Å². The minimum atomic E-state index is -0.782. The zero-order chi connectivity index (χ0) is 22.1. The van der Waals surface area contributed by atoms with Crippen molar-refractivity contribution in [1.82, 2.24) is 4.90 Å². The van der Waals surface area contributed by atoms with Crippen molar-refractivity contribution in [1.29, 1.82) is 0 Å². The van der Waals surface area contributed by atoms with Crippen LogP contribution in [0.15, 0.2) is 36.4 Å². The lowest BCUT2D eigenvalue weighted by Crippen LogP contribution is -2.53. The van der Waals surface area contributed by atoms with Crippen LogP contribution in [-0.2, 0) is 16.0 Å². The van der Waals surface area contributed by atoms with Gasteiger partial charge in [-0.3, -0.25) is 14.5 Å². The number of hydrogen-bond acceptors (Lipinski definition) is 4. The fraction of sp³-hybridized carbons (Fsp3) is 0.304. The number of anilines is 2. The van der Waals surface area contributed by atoms with Gasteiger partial charge < -0.3 is 10.2 Å². The third-order valence-electron chi connectivity index (χ3n) is 5.69. The molecule has 1 N–H and O–H groups in total. The van der Waals surface area contributed by atoms with Gasteiger partial charge in [0.15, 0.2) is 5.78 Å². The van der Waals surface area contributed by atoms with E-state index in [0.29, 0.717) is 37.4 Å². The van der Waals surface area contributed by atoms with Gasteiger partial charge in [-0.1, -0.05) is 23.7 Å². The third-order valence-corrected chi connectivity index (χ3v) is 6.05. The first-order valence-corrected chi connectivity index (χ1v) is 10.4. The van der Waals surface area contributed by atoms with Crippen molar-refractivity contribution in [3.05, 3.63) is 64.2 Å². The van der Waals surface area contributed by atoms with Crippen LogP contribution >= 0.6 is 11.6 Å². The zero-order valence-electron chi connectivity index (χ0n) is 17.0. The number of halogens is 3. The normalized spacial score (nSPS) is 18.8. The molecule has 0 saturated carbocycles. The summed E-state index contributed by atoms with van der Waals surface area (Å²) in [6.45, 7) is 3.84. The van der Waals surface area contributed by atoms with E-state index >= 15 is 0 Å². The van der Waals surface area contributed by atoms with E-state index < -0.39 is 16.7 Å². The summed E-state index contributed by atoms with van der Waals surface area (Å²) in [6, 6.07) is 8.00. The molecule has 0 radical (unpaired) electrons. The second kappa shape index (κ2) is 8.77. The Kier molecular flexibility index (Phi) is 6.07. The number of nitrogens with one attached hydrogen (secondary N) is 1. The lowest BCUT2D eigenvalue weighted by Gasteiger charge is -2.40. The van der Waals surface area contributed by atoms with Gasteiger partial charge in [-0.05, 0) is 48.4 Å². The Labute approximate surface area is 184 Å². The number of carbonyl (C=O) groups is 2. The Morgan fingerprint density at radius 3 is 2.61 bits per heavy atom. The van der Waals surface area contributed by atoms with Crippen molar-refractivity contribution in [2.45, 2.75) is 19.4 Å². The molecule has 8 heteroatoms. The van der Waals surface area contributed by atoms with E-state index in [4.69, 9.17) is 11.6 Å². The Morgan fingerprint density at radius 1 is 1.16 bits per heavy atom. The Hall–Kier alpha value is -2.77. The fourth-order valence-electron chi connectivity index (χ4n) is 3.99. The van der Waals surface area contributed by atoms with Crippen LogP contribution in [0.25, 0.3) is 6.08 Å². The van der Waals surface area contributed by atoms with Crippen LogP contribution in [0.3, 0.4) is 0 Å². The zero-order valence-corrected chi connectivity index (χ0v) is 17.8. The number of carbonyl (C=O) groups excluding carboxylic acids is 2. The van der Waals surface area contributed by atoms with Gasteiger partial charge in [0, 0.05) is 43.5 Å². The highest BCUT2D eigenvalue weighted by Gasteiger charge is 2.26. The Balaban J connectivity index is 1.35. The van der Waals surface area contributed by atoms with Crippen LogP contribution in [0.5, 0.6) is 0 Å². The SMILES string of the molecule is C[C@@H]1CN(c2cc(F)c(Cl)c(F)c2)CCN1CC(=O)Nc1ccc2c(c1)C=CC(=O)C2. The van der Waals surface area contributed by atoms with Gasteiger partial charge in [0.25, 0.3) is 0 Å². The number of fused-ring (bicyclic) bond motifs is 1. The van der Waals surface area contributed by atoms with Crippen LogP contribution < -0.4 is 10.2 Å². The van der Waals surface area contributed by atoms with Crippen molar-refractivity contribution in [3.8, 4) is 0 Å². The van der Waals surface area contributed by atoms with Gasteiger partial charge in [-0.2, -0.15) is 0 Å². The van der Waals surface area contributed by atoms with Crippen molar-refractivity contribution >= 4 is 40.7 Å². The Bertz CT molecular complexity index is 1050. The maximum atomic E-state index is 13.8. The first-order valence-electron chi connectivity index (χ1n) is 10.1. The lowest BCUT2D eigenvalue weighted by molar-refractivity contribution is -0.118. The predicted octanol–water partition coefficient (Wildman–Crippen LogP) is 3.91. The summed E-state index contributed by atoms with van der Waals surface area (Å²) < 4.78 is 27.6. The summed E-state index contributed by atoms with van der Waals surface area (Å²) in [5.74, 6) is -1.63. The number of piperazine rings is 1. The molecule has 1 heterocycles. The van der Waals surface area contributed by atoms with Crippen molar-refractivity contribution in [2.24, 2.45) is 0 Å². The molecule has 5 nitrogen and oxygen atoms in total. The van der Waals surface area contributed by atoms with Crippen LogP contribution in [0.2, 0.25) is 5.02 Å². The minimum absolute atomic E-state index is 0.0128. The molecule has 1 saturated heterocycles. The number of rotatable bonds is 4. The van der Waals surface area contributed by atoms with E-state index in [1.54, 1.807) is 18.2 Å². The summed E-state index contributed by atoms with van der Waals surface area (Å²) in [5.41, 5.74) is 3.00. The third kappa shape index (κ3) is 4.78. The molecule has 1 aliphatic carbocycles. The summed E-state index contributed by atoms with van der Waals surface area (Å²) in [4.78, 5) is 28.0. The molecule has 4 rings (SSSR count). The smallest absolute Gasteiger partial charge is 0.238 e. The number of hydrogen-bond donors (Lipinski definition) is 1. The average molecular weight is 446 g/mol. The molecule has 0 aromatic heterocycles. The molecule has 1 atom stereocenters. The molecule has 2 aromatic carbocycles. The van der Waals surface area contributed by atoms with E-state index in [1.807, 2.05) is 28.9 Å². The standard InChI is InChI=1S/C23H22ClF2N3O2/c1-14-12-29(18-10-20(25)23(24)21(26)11-18)7-6-28(14)13-22(31)27-17-4-2-16-9-19(30)5-3-15(16)8-17/h2-5,8,10-11,14H,6-7,9,12-13H2,1H3,(H,27,31)/t14-/m1/s1. The fourth-order valence-corrected chi connectivity index (χ4v) is 4.10. The van der Waals surface area contributed by atoms with Gasteiger partial charge in [0.1, 0.15) is 16.7 Å². The topological polar surface area (TPSA) is 52.6 Å². The first kappa shape index (κ1) is 21.5. The molecule has 162 valence electrons. The predicted molar refractivity (Wildman–Crippen MR) is 117 cm³/mol. The monoisotopic (exact) mass is 445 g/mol. The number of ketones is 1. The molecule has 1 aliphatic heterocycles. The van der Waals surface area contributed by atoms with E-state index in [1.165, 1.54) is 12.1 Å². The summed E-state index contributed by atoms with van der Waals surface area (Å²) >= 11 is 5.57. The second-order valence-corrected chi connectivity index (χ2v) is 8.31. The van der Waals surface area contributed by atoms with Crippen LogP contribution in [-0.4, -0.2) is 48.8 Å². The average Bonchev–Trinajstić information content (AvgIpc) is 2.73. The van der Waals surface area contributed by atoms with Gasteiger partial charge in [0.05, 0.1) is 6.54 Å². The molecule has 2 aliphatic rings. The van der Waals surface area contributed by atoms with E-state index in [-0.39, 0.29) is 24.3 Å².